The summed E-state index contributed by atoms with van der Waals surface area (Å²) < 4.78 is 40.0. The van der Waals surface area contributed by atoms with Gasteiger partial charge >= 0.3 is 0 Å². The van der Waals surface area contributed by atoms with Crippen LogP contribution in [0.3, 0.4) is 0 Å². The van der Waals surface area contributed by atoms with Crippen molar-refractivity contribution in [2.24, 2.45) is 0 Å². The van der Waals surface area contributed by atoms with Gasteiger partial charge in [0.1, 0.15) is 24.1 Å². The predicted molar refractivity (Wildman–Crippen MR) is 184 cm³/mol. The number of methoxy groups -OCH3 is 2. The van der Waals surface area contributed by atoms with Crippen LogP contribution < -0.4 is 19.1 Å². The molecule has 0 aliphatic heterocycles. The molecule has 0 aliphatic carbocycles. The molecule has 47 heavy (non-hydrogen) atoms. The van der Waals surface area contributed by atoms with Crippen molar-refractivity contribution in [2.45, 2.75) is 50.2 Å². The average molecular weight is 678 g/mol. The Hall–Kier alpha value is -4.54. The van der Waals surface area contributed by atoms with E-state index in [4.69, 9.17) is 21.1 Å². The molecule has 248 valence electrons. The molecule has 0 fully saturated rings. The monoisotopic (exact) mass is 677 g/mol. The van der Waals surface area contributed by atoms with Gasteiger partial charge < -0.3 is 19.7 Å². The Balaban J connectivity index is 1.82. The van der Waals surface area contributed by atoms with E-state index in [-0.39, 0.29) is 29.5 Å². The summed E-state index contributed by atoms with van der Waals surface area (Å²) in [5.74, 6) is 0.119. The first-order valence-electron chi connectivity index (χ1n) is 15.0. The number of rotatable bonds is 13. The molecule has 0 aliphatic rings. The number of nitrogens with one attached hydrogen (secondary N) is 1. The molecule has 4 aromatic rings. The molecule has 1 atom stereocenters. The maximum Gasteiger partial charge on any atom is 0.264 e. The lowest BCUT2D eigenvalue weighted by Crippen LogP contribution is -2.56. The first kappa shape index (κ1) is 35.3. The summed E-state index contributed by atoms with van der Waals surface area (Å²) in [7, 11) is -1.24. The van der Waals surface area contributed by atoms with Crippen molar-refractivity contribution in [1.82, 2.24) is 10.2 Å². The zero-order valence-electron chi connectivity index (χ0n) is 27.1. The number of nitrogens with zero attached hydrogens (tertiary/aromatic N) is 2. The van der Waals surface area contributed by atoms with E-state index >= 15 is 0 Å². The molecule has 0 heterocycles. The van der Waals surface area contributed by atoms with Gasteiger partial charge in [-0.2, -0.15) is 0 Å². The van der Waals surface area contributed by atoms with Crippen molar-refractivity contribution in [2.75, 3.05) is 25.1 Å². The van der Waals surface area contributed by atoms with Crippen molar-refractivity contribution >= 4 is 39.1 Å². The Labute approximate surface area is 282 Å². The lowest BCUT2D eigenvalue weighted by Gasteiger charge is -2.35. The van der Waals surface area contributed by atoms with E-state index in [1.54, 1.807) is 37.4 Å². The minimum absolute atomic E-state index is 0.0160. The molecule has 0 unspecified atom stereocenters. The third-order valence-electron chi connectivity index (χ3n) is 7.30. The minimum Gasteiger partial charge on any atom is -0.497 e. The van der Waals surface area contributed by atoms with Crippen molar-refractivity contribution in [3.05, 3.63) is 119 Å². The quantitative estimate of drug-likeness (QED) is 0.183. The van der Waals surface area contributed by atoms with Gasteiger partial charge in [-0.3, -0.25) is 13.9 Å². The molecular formula is C36H40ClN3O6S. The summed E-state index contributed by atoms with van der Waals surface area (Å²) >= 11 is 6.15. The van der Waals surface area contributed by atoms with Gasteiger partial charge in [0.25, 0.3) is 10.0 Å². The highest BCUT2D eigenvalue weighted by Gasteiger charge is 2.35. The second kappa shape index (κ2) is 15.4. The molecule has 0 saturated carbocycles. The highest BCUT2D eigenvalue weighted by Crippen LogP contribution is 2.28. The first-order chi connectivity index (χ1) is 22.3. The topological polar surface area (TPSA) is 105 Å². The van der Waals surface area contributed by atoms with E-state index in [0.717, 1.165) is 9.87 Å². The number of hydrogen-bond donors (Lipinski definition) is 1. The number of ether oxygens (including phenoxy) is 2. The van der Waals surface area contributed by atoms with Gasteiger partial charge in [0.2, 0.25) is 11.8 Å². The molecule has 4 rings (SSSR count). The molecule has 0 aromatic heterocycles. The lowest BCUT2D eigenvalue weighted by molar-refractivity contribution is -0.140. The van der Waals surface area contributed by atoms with Crippen LogP contribution in [0.25, 0.3) is 0 Å². The molecule has 0 spiro atoms. The standard InChI is InChI=1S/C36H40ClN3O6S/c1-36(2,3)38-35(42)33(23-26-10-7-6-8-11-26)39(24-27-12-9-13-31(22-27)46-5)34(41)25-40(29-16-14-28(37)15-17-29)47(43,44)32-20-18-30(45-4)19-21-32/h6-22,33H,23-25H2,1-5H3,(H,38,42)/t33-/m0/s1. The Morgan fingerprint density at radius 1 is 0.809 bits per heavy atom. The molecule has 4 aromatic carbocycles. The number of carbonyl (C=O) groups excluding carboxylic acids is 2. The van der Waals surface area contributed by atoms with Crippen LogP contribution in [0.2, 0.25) is 5.02 Å². The Morgan fingerprint density at radius 3 is 2.02 bits per heavy atom. The summed E-state index contributed by atoms with van der Waals surface area (Å²) in [4.78, 5) is 30.0. The molecule has 1 N–H and O–H groups in total. The SMILES string of the molecule is COc1ccc(S(=O)(=O)N(CC(=O)N(Cc2cccc(OC)c2)[C@@H](Cc2ccccc2)C(=O)NC(C)(C)C)c2ccc(Cl)cc2)cc1. The third-order valence-corrected chi connectivity index (χ3v) is 9.34. The van der Waals surface area contributed by atoms with Gasteiger partial charge in [-0.15, -0.1) is 0 Å². The van der Waals surface area contributed by atoms with Crippen molar-refractivity contribution in [1.29, 1.82) is 0 Å². The van der Waals surface area contributed by atoms with Crippen LogP contribution in [0.1, 0.15) is 31.9 Å². The normalized spacial score (nSPS) is 12.1. The van der Waals surface area contributed by atoms with Crippen LogP contribution >= 0.6 is 11.6 Å². The fourth-order valence-electron chi connectivity index (χ4n) is 4.99. The van der Waals surface area contributed by atoms with E-state index < -0.39 is 34.1 Å². The van der Waals surface area contributed by atoms with E-state index in [9.17, 15) is 18.0 Å². The first-order valence-corrected chi connectivity index (χ1v) is 16.8. The lowest BCUT2D eigenvalue weighted by atomic mass is 10.0. The number of sulfonamides is 1. The number of amides is 2. The summed E-state index contributed by atoms with van der Waals surface area (Å²) in [6, 6.07) is 27.7. The van der Waals surface area contributed by atoms with Crippen molar-refractivity contribution in [3.63, 3.8) is 0 Å². The van der Waals surface area contributed by atoms with Crippen LogP contribution in [0.4, 0.5) is 5.69 Å². The summed E-state index contributed by atoms with van der Waals surface area (Å²) in [5.41, 5.74) is 1.18. The molecule has 0 bridgehead atoms. The van der Waals surface area contributed by atoms with Gasteiger partial charge in [0, 0.05) is 23.5 Å². The zero-order chi connectivity index (χ0) is 34.2. The molecule has 0 saturated heterocycles. The van der Waals surface area contributed by atoms with E-state index in [1.807, 2.05) is 57.2 Å². The van der Waals surface area contributed by atoms with Crippen molar-refractivity contribution in [3.8, 4) is 11.5 Å². The summed E-state index contributed by atoms with van der Waals surface area (Å²) in [6.45, 7) is 5.02. The van der Waals surface area contributed by atoms with Crippen LogP contribution in [0.15, 0.2) is 108 Å². The average Bonchev–Trinajstić information content (AvgIpc) is 3.05. The largest absolute Gasteiger partial charge is 0.497 e. The second-order valence-electron chi connectivity index (χ2n) is 12.0. The summed E-state index contributed by atoms with van der Waals surface area (Å²) in [5, 5.41) is 3.43. The molecule has 2 amide bonds. The zero-order valence-corrected chi connectivity index (χ0v) is 28.7. The van der Waals surface area contributed by atoms with Gasteiger partial charge in [-0.25, -0.2) is 8.42 Å². The van der Waals surface area contributed by atoms with Gasteiger partial charge in [0.05, 0.1) is 24.8 Å². The molecule has 9 nitrogen and oxygen atoms in total. The van der Waals surface area contributed by atoms with E-state index in [0.29, 0.717) is 22.1 Å². The van der Waals surface area contributed by atoms with E-state index in [1.165, 1.54) is 48.4 Å². The van der Waals surface area contributed by atoms with Gasteiger partial charge in [-0.1, -0.05) is 54.1 Å². The number of carbonyl (C=O) groups is 2. The van der Waals surface area contributed by atoms with Crippen molar-refractivity contribution < 1.29 is 27.5 Å². The Morgan fingerprint density at radius 2 is 1.43 bits per heavy atom. The predicted octanol–water partition coefficient (Wildman–Crippen LogP) is 6.11. The van der Waals surface area contributed by atoms with Gasteiger partial charge in [-0.05, 0) is 92.6 Å². The molecule has 0 radical (unpaired) electrons. The fourth-order valence-corrected chi connectivity index (χ4v) is 6.53. The number of halogens is 1. The second-order valence-corrected chi connectivity index (χ2v) is 14.3. The van der Waals surface area contributed by atoms with Crippen LogP contribution in [-0.2, 0) is 32.6 Å². The fraction of sp³-hybridized carbons (Fsp3) is 0.278. The maximum absolute atomic E-state index is 14.6. The smallest absolute Gasteiger partial charge is 0.264 e. The van der Waals surface area contributed by atoms with Crippen LogP contribution in [0, 0.1) is 0 Å². The maximum atomic E-state index is 14.6. The summed E-state index contributed by atoms with van der Waals surface area (Å²) in [6.07, 6.45) is 0.199. The highest BCUT2D eigenvalue weighted by molar-refractivity contribution is 7.92. The Bertz CT molecular complexity index is 1760. The van der Waals surface area contributed by atoms with Crippen LogP contribution in [-0.4, -0.2) is 57.5 Å². The van der Waals surface area contributed by atoms with Crippen LogP contribution in [0.5, 0.6) is 11.5 Å². The van der Waals surface area contributed by atoms with Gasteiger partial charge in [0.15, 0.2) is 0 Å². The van der Waals surface area contributed by atoms with E-state index in [2.05, 4.69) is 5.32 Å². The molecule has 11 heteroatoms. The number of benzene rings is 4. The highest BCUT2D eigenvalue weighted by atomic mass is 35.5. The number of hydrogen-bond acceptors (Lipinski definition) is 6. The number of anilines is 1. The molecular weight excluding hydrogens is 638 g/mol. The third kappa shape index (κ3) is 9.49. The Kier molecular flexibility index (Phi) is 11.5. The minimum atomic E-state index is -4.27.